The van der Waals surface area contributed by atoms with Crippen molar-refractivity contribution in [3.05, 3.63) is 40.2 Å². The van der Waals surface area contributed by atoms with Crippen LogP contribution in [0.4, 0.5) is 0 Å². The Morgan fingerprint density at radius 2 is 1.61 bits per heavy atom. The molecular formula is C45H65N3O18. The van der Waals surface area contributed by atoms with Crippen LogP contribution >= 0.6 is 0 Å². The largest absolute Gasteiger partial charge is 0.508 e. The third kappa shape index (κ3) is 12.6. The van der Waals surface area contributed by atoms with E-state index < -0.39 is 127 Å². The molecule has 0 radical (unpaired) electrons. The van der Waals surface area contributed by atoms with Crippen molar-refractivity contribution in [2.24, 2.45) is 17.8 Å². The number of aliphatic hydroxyl groups excluding tert-OH is 5. The van der Waals surface area contributed by atoms with E-state index in [1.165, 1.54) is 38.1 Å². The monoisotopic (exact) mass is 935 g/mol. The van der Waals surface area contributed by atoms with Gasteiger partial charge >= 0.3 is 11.6 Å². The predicted octanol–water partition coefficient (Wildman–Crippen LogP) is -0.301. The van der Waals surface area contributed by atoms with E-state index >= 15 is 0 Å². The van der Waals surface area contributed by atoms with Crippen molar-refractivity contribution in [2.45, 2.75) is 165 Å². The molecule has 368 valence electrons. The van der Waals surface area contributed by atoms with Gasteiger partial charge in [0.25, 0.3) is 0 Å². The molecule has 1 aromatic carbocycles. The van der Waals surface area contributed by atoms with Gasteiger partial charge in [0.1, 0.15) is 54.0 Å². The minimum absolute atomic E-state index is 0.00606. The second kappa shape index (κ2) is 23.1. The lowest BCUT2D eigenvalue weighted by Crippen LogP contribution is -2.67. The quantitative estimate of drug-likeness (QED) is 0.0678. The maximum Gasteiger partial charge on any atom is 0.336 e. The molecular weight excluding hydrogens is 870 g/mol. The summed E-state index contributed by atoms with van der Waals surface area (Å²) >= 11 is 0. The van der Waals surface area contributed by atoms with Gasteiger partial charge in [-0.3, -0.25) is 14.4 Å². The topological polar surface area (TPSA) is 322 Å². The van der Waals surface area contributed by atoms with Crippen LogP contribution in [0.5, 0.6) is 5.75 Å². The van der Waals surface area contributed by atoms with Gasteiger partial charge < -0.3 is 79.8 Å². The number of nitrogens with one attached hydrogen (secondary N) is 3. The molecule has 15 atom stereocenters. The molecule has 10 N–H and O–H groups in total. The minimum atomic E-state index is -1.70. The standard InChI is InChI=1S/C45H65N3O18/c1-4-24-15-26(42(58)47-13-12-46-33(52)17-25-18-34(53)62-29-19-27(51)10-11-28(25)29)16-30(40(24)66-45-39(57)38(56)36(54)21(2)61-45)64-44-35(48-22(3)50)41(37(55)32(20-49)65-44)63-31(43(59)60)14-23-8-6-5-7-9-23/h10-11,18-19,21,23-24,26,30-32,35-41,44-45,49,51,54-57H,4-9,12-17,20H2,1-3H3,(H,46,52)(H,47,58)(H,48,50)(H,59,60)/t21-,24?,26?,30+,31-,32?,35?,36-,37-,38?,39-,40?,41?,44+,45?/m0/s1. The molecule has 6 rings (SSSR count). The second-order valence-corrected chi connectivity index (χ2v) is 18.0. The highest BCUT2D eigenvalue weighted by Gasteiger charge is 2.53. The zero-order valence-corrected chi connectivity index (χ0v) is 37.4. The molecule has 0 spiro atoms. The first-order valence-electron chi connectivity index (χ1n) is 22.9. The number of aromatic hydroxyl groups is 1. The Kier molecular flexibility index (Phi) is 17.9. The Labute approximate surface area is 381 Å². The highest BCUT2D eigenvalue weighted by atomic mass is 16.7. The van der Waals surface area contributed by atoms with E-state index in [0.29, 0.717) is 17.4 Å². The number of benzene rings is 1. The Bertz CT molecular complexity index is 2030. The van der Waals surface area contributed by atoms with Crippen molar-refractivity contribution in [3.63, 3.8) is 0 Å². The summed E-state index contributed by atoms with van der Waals surface area (Å²) in [5.74, 6) is -4.04. The lowest BCUT2D eigenvalue weighted by Gasteiger charge is -2.49. The number of aliphatic carboxylic acids is 1. The Morgan fingerprint density at radius 3 is 2.29 bits per heavy atom. The smallest absolute Gasteiger partial charge is 0.336 e. The maximum absolute atomic E-state index is 13.9. The Hall–Kier alpha value is -4.29. The van der Waals surface area contributed by atoms with Crippen LogP contribution in [0.2, 0.25) is 0 Å². The summed E-state index contributed by atoms with van der Waals surface area (Å²) in [7, 11) is 0. The number of hydrogen-bond acceptors (Lipinski definition) is 17. The molecule has 21 nitrogen and oxygen atoms in total. The number of carboxylic acids is 1. The van der Waals surface area contributed by atoms with Crippen LogP contribution < -0.4 is 21.6 Å². The molecule has 3 amide bonds. The third-order valence-corrected chi connectivity index (χ3v) is 13.2. The van der Waals surface area contributed by atoms with Crippen molar-refractivity contribution < 1.29 is 83.0 Å². The number of phenols is 1. The number of phenolic OH excluding ortho intramolecular Hbond substituents is 1. The average molecular weight is 936 g/mol. The number of hydrogen-bond donors (Lipinski definition) is 10. The highest BCUT2D eigenvalue weighted by Crippen LogP contribution is 2.40. The van der Waals surface area contributed by atoms with Crippen LogP contribution in [0.3, 0.4) is 0 Å². The zero-order valence-electron chi connectivity index (χ0n) is 37.4. The van der Waals surface area contributed by atoms with Crippen LogP contribution in [0.25, 0.3) is 11.0 Å². The normalized spacial score (nSPS) is 33.5. The van der Waals surface area contributed by atoms with Gasteiger partial charge in [-0.05, 0) is 55.7 Å². The van der Waals surface area contributed by atoms with E-state index in [-0.39, 0.29) is 56.0 Å². The molecule has 2 aromatic rings. The van der Waals surface area contributed by atoms with Gasteiger partial charge in [0.2, 0.25) is 17.7 Å². The molecule has 3 heterocycles. The number of ether oxygens (including phenoxy) is 5. The highest BCUT2D eigenvalue weighted by molar-refractivity contribution is 5.87. The van der Waals surface area contributed by atoms with Crippen LogP contribution in [0.1, 0.15) is 84.1 Å². The molecule has 8 unspecified atom stereocenters. The first kappa shape index (κ1) is 51.1. The molecule has 2 aliphatic carbocycles. The molecule has 2 saturated carbocycles. The van der Waals surface area contributed by atoms with E-state index in [0.717, 1.165) is 32.1 Å². The lowest BCUT2D eigenvalue weighted by molar-refractivity contribution is -0.338. The first-order valence-corrected chi connectivity index (χ1v) is 22.9. The molecule has 4 aliphatic rings. The van der Waals surface area contributed by atoms with Crippen molar-refractivity contribution >= 4 is 34.7 Å². The maximum atomic E-state index is 13.9. The molecule has 66 heavy (non-hydrogen) atoms. The second-order valence-electron chi connectivity index (χ2n) is 18.0. The van der Waals surface area contributed by atoms with Crippen molar-refractivity contribution in [3.8, 4) is 5.75 Å². The van der Waals surface area contributed by atoms with E-state index in [1.807, 2.05) is 6.92 Å². The Balaban J connectivity index is 1.20. The molecule has 0 bridgehead atoms. The van der Waals surface area contributed by atoms with Gasteiger partial charge in [-0.25, -0.2) is 9.59 Å². The van der Waals surface area contributed by atoms with Gasteiger partial charge in [-0.15, -0.1) is 0 Å². The number of amides is 3. The summed E-state index contributed by atoms with van der Waals surface area (Å²) < 4.78 is 36.2. The van der Waals surface area contributed by atoms with Crippen LogP contribution in [-0.4, -0.2) is 159 Å². The predicted molar refractivity (Wildman–Crippen MR) is 229 cm³/mol. The van der Waals surface area contributed by atoms with Crippen molar-refractivity contribution in [1.29, 1.82) is 0 Å². The number of carbonyl (C=O) groups is 4. The third-order valence-electron chi connectivity index (χ3n) is 13.2. The number of carboxylic acid groups (broad SMARTS) is 1. The summed E-state index contributed by atoms with van der Waals surface area (Å²) in [6, 6.07) is 4.05. The number of carbonyl (C=O) groups excluding carboxylic acids is 3. The lowest BCUT2D eigenvalue weighted by atomic mass is 9.75. The fourth-order valence-electron chi connectivity index (χ4n) is 9.71. The number of rotatable bonds is 18. The molecule has 1 aromatic heterocycles. The van der Waals surface area contributed by atoms with E-state index in [2.05, 4.69) is 16.0 Å². The summed E-state index contributed by atoms with van der Waals surface area (Å²) in [4.78, 5) is 64.4. The van der Waals surface area contributed by atoms with Crippen LogP contribution in [-0.2, 0) is 49.3 Å². The van der Waals surface area contributed by atoms with Gasteiger partial charge in [0, 0.05) is 43.5 Å². The van der Waals surface area contributed by atoms with E-state index in [1.54, 1.807) is 0 Å². The molecule has 2 saturated heterocycles. The Morgan fingerprint density at radius 1 is 0.879 bits per heavy atom. The number of aliphatic hydroxyl groups is 5. The summed E-state index contributed by atoms with van der Waals surface area (Å²) in [6.07, 6.45) is -11.6. The van der Waals surface area contributed by atoms with Crippen LogP contribution in [0.15, 0.2) is 33.5 Å². The van der Waals surface area contributed by atoms with Crippen molar-refractivity contribution in [2.75, 3.05) is 19.7 Å². The molecule has 2 aliphatic heterocycles. The molecule has 21 heteroatoms. The van der Waals surface area contributed by atoms with Gasteiger partial charge in [0.05, 0.1) is 31.3 Å². The van der Waals surface area contributed by atoms with E-state index in [9.17, 15) is 59.7 Å². The first-order chi connectivity index (χ1) is 31.5. The fourth-order valence-corrected chi connectivity index (χ4v) is 9.71. The van der Waals surface area contributed by atoms with Gasteiger partial charge in [0.15, 0.2) is 18.7 Å². The SMILES string of the molecule is CCC1CC(C(=O)NCCNC(=O)Cc2cc(=O)oc3cc(O)ccc23)C[C@@H](O[C@@H]2OC(CO)[C@H](O)C(O[C@@H](CC3CCCCC3)C(=O)O)C2NC(C)=O)C1OC1O[C@@H](C)[C@H](O)C(O)[C@@H]1O. The number of fused-ring (bicyclic) bond motifs is 1. The van der Waals surface area contributed by atoms with Gasteiger partial charge in [-0.1, -0.05) is 45.4 Å². The summed E-state index contributed by atoms with van der Waals surface area (Å²) in [5, 5.41) is 82.7. The summed E-state index contributed by atoms with van der Waals surface area (Å²) in [6.45, 7) is 3.81. The van der Waals surface area contributed by atoms with Crippen LogP contribution in [0, 0.1) is 17.8 Å². The van der Waals surface area contributed by atoms with E-state index in [4.69, 9.17) is 28.1 Å². The fraction of sp³-hybridized carbons (Fsp3) is 0.711. The summed E-state index contributed by atoms with van der Waals surface area (Å²) in [5.41, 5.74) is -0.193. The average Bonchev–Trinajstić information content (AvgIpc) is 3.27. The van der Waals surface area contributed by atoms with Crippen molar-refractivity contribution in [1.82, 2.24) is 16.0 Å². The zero-order chi connectivity index (χ0) is 47.8. The van der Waals surface area contributed by atoms with Gasteiger partial charge in [-0.2, -0.15) is 0 Å². The molecule has 4 fully saturated rings. The minimum Gasteiger partial charge on any atom is -0.508 e.